The summed E-state index contributed by atoms with van der Waals surface area (Å²) in [4.78, 5) is 15.0. The molecule has 4 saturated heterocycles. The number of hydrogen-bond acceptors (Lipinski definition) is 7. The Kier molecular flexibility index (Phi) is 6.31. The van der Waals surface area contributed by atoms with Crippen LogP contribution >= 0.6 is 11.6 Å². The van der Waals surface area contributed by atoms with Crippen molar-refractivity contribution < 1.29 is 14.2 Å². The molecule has 8 rings (SSSR count). The van der Waals surface area contributed by atoms with Crippen molar-refractivity contribution in [2.75, 3.05) is 31.1 Å². The standard InChI is InChI=1S/C32H37ClFN5O2/c33-29-25(34)6-3-19-15-23(40)16-27(28(19)29)38-12-7-24-26(17-38)36-31(41-18-32-8-1-10-39(32)11-2-9-32)37-30(24)20-13-21-4-5-22(14-20)35-21/h3,6,15-16,20-22,35,40H,1-2,4-5,7-14,17-18H2/t20?,21-,22+. The summed E-state index contributed by atoms with van der Waals surface area (Å²) in [6.45, 7) is 4.20. The molecule has 7 nitrogen and oxygen atoms in total. The zero-order valence-corrected chi connectivity index (χ0v) is 24.1. The van der Waals surface area contributed by atoms with E-state index in [1.165, 1.54) is 55.8 Å². The van der Waals surface area contributed by atoms with Crippen LogP contribution in [0.5, 0.6) is 11.8 Å². The zero-order valence-electron chi connectivity index (χ0n) is 23.3. The summed E-state index contributed by atoms with van der Waals surface area (Å²) < 4.78 is 21.1. The number of nitrogens with zero attached hydrogens (tertiary/aromatic N) is 4. The van der Waals surface area contributed by atoms with E-state index in [0.717, 1.165) is 43.7 Å². The molecule has 9 heteroatoms. The van der Waals surface area contributed by atoms with Crippen LogP contribution in [0.4, 0.5) is 10.1 Å². The first-order chi connectivity index (χ1) is 20.0. The Bertz CT molecular complexity index is 1500. The molecular weight excluding hydrogens is 541 g/mol. The smallest absolute Gasteiger partial charge is 0.316 e. The minimum absolute atomic E-state index is 0.0813. The highest BCUT2D eigenvalue weighted by molar-refractivity contribution is 6.36. The lowest BCUT2D eigenvalue weighted by molar-refractivity contribution is 0.107. The van der Waals surface area contributed by atoms with Gasteiger partial charge in [-0.15, -0.1) is 0 Å². The Hall–Kier alpha value is -2.68. The van der Waals surface area contributed by atoms with E-state index < -0.39 is 5.82 Å². The van der Waals surface area contributed by atoms with Gasteiger partial charge >= 0.3 is 6.01 Å². The Morgan fingerprint density at radius 1 is 1.07 bits per heavy atom. The maximum Gasteiger partial charge on any atom is 0.316 e. The highest BCUT2D eigenvalue weighted by Gasteiger charge is 2.45. The van der Waals surface area contributed by atoms with E-state index >= 15 is 0 Å². The second-order valence-electron chi connectivity index (χ2n) is 12.9. The van der Waals surface area contributed by atoms with Crippen LogP contribution in [0.3, 0.4) is 0 Å². The van der Waals surface area contributed by atoms with Gasteiger partial charge in [-0.3, -0.25) is 4.90 Å². The van der Waals surface area contributed by atoms with Gasteiger partial charge in [0.05, 0.1) is 34.2 Å². The molecule has 0 spiro atoms. The lowest BCUT2D eigenvalue weighted by Crippen LogP contribution is -2.43. The quantitative estimate of drug-likeness (QED) is 0.403. The number of phenolic OH excluding ortho intramolecular Hbond substituents is 1. The van der Waals surface area contributed by atoms with Gasteiger partial charge in [0.25, 0.3) is 0 Å². The molecule has 5 aliphatic heterocycles. The molecule has 0 radical (unpaired) electrons. The fourth-order valence-electron chi connectivity index (χ4n) is 8.59. The molecule has 2 aromatic carbocycles. The Morgan fingerprint density at radius 2 is 1.85 bits per heavy atom. The van der Waals surface area contributed by atoms with Gasteiger partial charge in [-0.2, -0.15) is 9.97 Å². The number of fused-ring (bicyclic) bond motifs is 5. The number of halogens is 2. The summed E-state index contributed by atoms with van der Waals surface area (Å²) in [5.74, 6) is 0.0734. The first-order valence-corrected chi connectivity index (χ1v) is 15.7. The molecule has 41 heavy (non-hydrogen) atoms. The lowest BCUT2D eigenvalue weighted by atomic mass is 9.85. The summed E-state index contributed by atoms with van der Waals surface area (Å²) in [5.41, 5.74) is 4.23. The number of piperidine rings is 1. The number of rotatable bonds is 5. The van der Waals surface area contributed by atoms with Gasteiger partial charge in [0.1, 0.15) is 18.2 Å². The lowest BCUT2D eigenvalue weighted by Gasteiger charge is -2.35. The fraction of sp³-hybridized carbons (Fsp3) is 0.562. The summed E-state index contributed by atoms with van der Waals surface area (Å²) in [5, 5.41) is 15.7. The predicted octanol–water partition coefficient (Wildman–Crippen LogP) is 5.70. The third kappa shape index (κ3) is 4.45. The molecule has 216 valence electrons. The third-order valence-electron chi connectivity index (χ3n) is 10.5. The number of phenols is 1. The maximum absolute atomic E-state index is 14.6. The number of aromatic hydroxyl groups is 1. The summed E-state index contributed by atoms with van der Waals surface area (Å²) in [7, 11) is 0. The normalized spacial score (nSPS) is 26.9. The van der Waals surface area contributed by atoms with Gasteiger partial charge in [0.15, 0.2) is 0 Å². The van der Waals surface area contributed by atoms with Crippen molar-refractivity contribution in [2.24, 2.45) is 0 Å². The molecule has 6 heterocycles. The monoisotopic (exact) mass is 577 g/mol. The molecule has 0 aliphatic carbocycles. The Balaban J connectivity index is 1.16. The van der Waals surface area contributed by atoms with Gasteiger partial charge in [-0.05, 0) is 94.0 Å². The number of aromatic nitrogens is 2. The third-order valence-corrected chi connectivity index (χ3v) is 10.9. The van der Waals surface area contributed by atoms with Crippen LogP contribution in [-0.2, 0) is 13.0 Å². The largest absolute Gasteiger partial charge is 0.508 e. The Labute approximate surface area is 245 Å². The molecule has 5 aliphatic rings. The molecule has 0 saturated carbocycles. The van der Waals surface area contributed by atoms with Crippen molar-refractivity contribution in [1.82, 2.24) is 20.2 Å². The molecule has 1 aromatic heterocycles. The van der Waals surface area contributed by atoms with E-state index in [9.17, 15) is 9.50 Å². The van der Waals surface area contributed by atoms with Crippen LogP contribution in [0.2, 0.25) is 5.02 Å². The van der Waals surface area contributed by atoms with E-state index in [0.29, 0.717) is 54.5 Å². The molecule has 2 bridgehead atoms. The van der Waals surface area contributed by atoms with Gasteiger partial charge in [0, 0.05) is 36.0 Å². The molecule has 3 atom stereocenters. The van der Waals surface area contributed by atoms with E-state index in [4.69, 9.17) is 26.3 Å². The van der Waals surface area contributed by atoms with Crippen LogP contribution in [0.1, 0.15) is 74.2 Å². The zero-order chi connectivity index (χ0) is 27.7. The second-order valence-corrected chi connectivity index (χ2v) is 13.3. The topological polar surface area (TPSA) is 73.8 Å². The summed E-state index contributed by atoms with van der Waals surface area (Å²) in [6, 6.07) is 7.96. The maximum atomic E-state index is 14.6. The minimum atomic E-state index is -0.461. The van der Waals surface area contributed by atoms with Crippen LogP contribution in [0.25, 0.3) is 10.8 Å². The van der Waals surface area contributed by atoms with Crippen LogP contribution in [0.15, 0.2) is 24.3 Å². The van der Waals surface area contributed by atoms with E-state index in [-0.39, 0.29) is 16.3 Å². The van der Waals surface area contributed by atoms with Crippen molar-refractivity contribution in [3.63, 3.8) is 0 Å². The average Bonchev–Trinajstić information content (AvgIpc) is 3.66. The molecule has 2 N–H and O–H groups in total. The van der Waals surface area contributed by atoms with E-state index in [2.05, 4.69) is 15.1 Å². The summed E-state index contributed by atoms with van der Waals surface area (Å²) in [6.07, 6.45) is 10.3. The van der Waals surface area contributed by atoms with Crippen molar-refractivity contribution >= 4 is 28.1 Å². The summed E-state index contributed by atoms with van der Waals surface area (Å²) >= 11 is 6.50. The van der Waals surface area contributed by atoms with Gasteiger partial charge < -0.3 is 20.1 Å². The highest BCUT2D eigenvalue weighted by Crippen LogP contribution is 2.43. The first kappa shape index (κ1) is 26.0. The van der Waals surface area contributed by atoms with Crippen molar-refractivity contribution in [3.05, 3.63) is 52.1 Å². The van der Waals surface area contributed by atoms with Crippen molar-refractivity contribution in [2.45, 2.75) is 87.9 Å². The predicted molar refractivity (Wildman–Crippen MR) is 158 cm³/mol. The SMILES string of the molecule is Oc1cc(N2CCc3c(nc(OCC45CCCN4CCC5)nc3C3C[C@H]4CC[C@@H](C3)N4)C2)c2c(Cl)c(F)ccc2c1. The number of ether oxygens (including phenoxy) is 1. The average molecular weight is 578 g/mol. The number of anilines is 1. The van der Waals surface area contributed by atoms with Gasteiger partial charge in [-0.1, -0.05) is 17.7 Å². The number of hydrogen-bond donors (Lipinski definition) is 2. The molecule has 3 aromatic rings. The van der Waals surface area contributed by atoms with Crippen LogP contribution in [-0.4, -0.2) is 63.8 Å². The van der Waals surface area contributed by atoms with Crippen LogP contribution in [0, 0.1) is 5.82 Å². The molecule has 4 fully saturated rings. The van der Waals surface area contributed by atoms with E-state index in [1.54, 1.807) is 18.2 Å². The first-order valence-electron chi connectivity index (χ1n) is 15.3. The van der Waals surface area contributed by atoms with Gasteiger partial charge in [-0.25, -0.2) is 4.39 Å². The fourth-order valence-corrected chi connectivity index (χ4v) is 8.86. The molecule has 1 unspecified atom stereocenters. The highest BCUT2D eigenvalue weighted by atomic mass is 35.5. The number of nitrogens with one attached hydrogen (secondary N) is 1. The number of benzene rings is 2. The molecule has 0 amide bonds. The Morgan fingerprint density at radius 3 is 2.63 bits per heavy atom. The van der Waals surface area contributed by atoms with Crippen molar-refractivity contribution in [3.8, 4) is 11.8 Å². The van der Waals surface area contributed by atoms with Crippen molar-refractivity contribution in [1.29, 1.82) is 0 Å². The van der Waals surface area contributed by atoms with Gasteiger partial charge in [0.2, 0.25) is 0 Å². The van der Waals surface area contributed by atoms with Crippen LogP contribution < -0.4 is 15.0 Å². The van der Waals surface area contributed by atoms with E-state index in [1.807, 2.05) is 0 Å². The molecular formula is C32H37ClFN5O2. The second kappa shape index (κ2) is 9.96. The minimum Gasteiger partial charge on any atom is -0.508 e.